The van der Waals surface area contributed by atoms with Crippen molar-refractivity contribution < 1.29 is 14.6 Å². The average molecular weight is 240 g/mol. The van der Waals surface area contributed by atoms with Gasteiger partial charge in [0.15, 0.2) is 0 Å². The maximum Gasteiger partial charge on any atom is 0.216 e. The van der Waals surface area contributed by atoms with Crippen molar-refractivity contribution in [2.45, 2.75) is 38.4 Å². The Bertz CT molecular complexity index is 355. The van der Waals surface area contributed by atoms with Gasteiger partial charge in [-0.25, -0.2) is 9.97 Å². The van der Waals surface area contributed by atoms with Crippen LogP contribution in [0.2, 0.25) is 0 Å². The van der Waals surface area contributed by atoms with Crippen LogP contribution in [0.15, 0.2) is 12.4 Å². The van der Waals surface area contributed by atoms with Crippen LogP contribution >= 0.6 is 0 Å². The zero-order valence-corrected chi connectivity index (χ0v) is 10.8. The molecule has 0 saturated carbocycles. The molecule has 0 saturated heterocycles. The van der Waals surface area contributed by atoms with E-state index in [0.29, 0.717) is 18.0 Å². The SMILES string of the molecule is COc1cc(C(O)CCC(C)(C)OC)ncn1. The molecule has 5 heteroatoms. The van der Waals surface area contributed by atoms with Crippen molar-refractivity contribution in [1.82, 2.24) is 9.97 Å². The van der Waals surface area contributed by atoms with E-state index in [2.05, 4.69) is 9.97 Å². The molecule has 1 heterocycles. The Balaban J connectivity index is 2.60. The van der Waals surface area contributed by atoms with Gasteiger partial charge in [-0.05, 0) is 26.7 Å². The smallest absolute Gasteiger partial charge is 0.216 e. The maximum atomic E-state index is 10.00. The fourth-order valence-corrected chi connectivity index (χ4v) is 1.38. The van der Waals surface area contributed by atoms with Crippen LogP contribution in [0.5, 0.6) is 5.88 Å². The van der Waals surface area contributed by atoms with Crippen LogP contribution in [0.1, 0.15) is 38.5 Å². The van der Waals surface area contributed by atoms with E-state index in [1.807, 2.05) is 13.8 Å². The van der Waals surface area contributed by atoms with Crippen LogP contribution in [0, 0.1) is 0 Å². The Labute approximate surface area is 102 Å². The highest BCUT2D eigenvalue weighted by atomic mass is 16.5. The third kappa shape index (κ3) is 4.28. The summed E-state index contributed by atoms with van der Waals surface area (Å²) in [6.07, 6.45) is 2.10. The zero-order chi connectivity index (χ0) is 12.9. The fourth-order valence-electron chi connectivity index (χ4n) is 1.38. The van der Waals surface area contributed by atoms with E-state index in [1.54, 1.807) is 13.2 Å². The number of methoxy groups -OCH3 is 2. The molecule has 0 amide bonds. The number of hydrogen-bond donors (Lipinski definition) is 1. The van der Waals surface area contributed by atoms with Crippen LogP contribution in [0.3, 0.4) is 0 Å². The first-order chi connectivity index (χ1) is 7.98. The molecule has 1 rings (SSSR count). The Morgan fingerprint density at radius 3 is 2.65 bits per heavy atom. The van der Waals surface area contributed by atoms with Gasteiger partial charge in [-0.1, -0.05) is 0 Å². The molecular formula is C12H20N2O3. The molecule has 1 aromatic heterocycles. The molecule has 96 valence electrons. The first-order valence-electron chi connectivity index (χ1n) is 5.57. The largest absolute Gasteiger partial charge is 0.481 e. The van der Waals surface area contributed by atoms with Gasteiger partial charge < -0.3 is 14.6 Å². The topological polar surface area (TPSA) is 64.5 Å². The van der Waals surface area contributed by atoms with Crippen LogP contribution in [-0.4, -0.2) is 34.9 Å². The minimum absolute atomic E-state index is 0.238. The molecule has 0 bridgehead atoms. The van der Waals surface area contributed by atoms with E-state index in [-0.39, 0.29) is 5.60 Å². The third-order valence-corrected chi connectivity index (χ3v) is 2.79. The Morgan fingerprint density at radius 1 is 1.35 bits per heavy atom. The van der Waals surface area contributed by atoms with Gasteiger partial charge in [-0.3, -0.25) is 0 Å². The van der Waals surface area contributed by atoms with Gasteiger partial charge in [0.1, 0.15) is 6.33 Å². The molecular weight excluding hydrogens is 220 g/mol. The molecule has 1 N–H and O–H groups in total. The lowest BCUT2D eigenvalue weighted by Crippen LogP contribution is -2.23. The lowest BCUT2D eigenvalue weighted by atomic mass is 9.99. The van der Waals surface area contributed by atoms with Gasteiger partial charge in [0.25, 0.3) is 0 Å². The van der Waals surface area contributed by atoms with Gasteiger partial charge >= 0.3 is 0 Å². The average Bonchev–Trinajstić information content (AvgIpc) is 2.36. The van der Waals surface area contributed by atoms with E-state index in [4.69, 9.17) is 9.47 Å². The molecule has 0 aliphatic carbocycles. The standard InChI is InChI=1S/C12H20N2O3/c1-12(2,17-4)6-5-10(15)9-7-11(16-3)14-8-13-9/h7-8,10,15H,5-6H2,1-4H3. The highest BCUT2D eigenvalue weighted by molar-refractivity contribution is 5.15. The van der Waals surface area contributed by atoms with Gasteiger partial charge in [0.2, 0.25) is 5.88 Å². The molecule has 1 unspecified atom stereocenters. The zero-order valence-electron chi connectivity index (χ0n) is 10.8. The van der Waals surface area contributed by atoms with E-state index >= 15 is 0 Å². The van der Waals surface area contributed by atoms with E-state index in [0.717, 1.165) is 6.42 Å². The van der Waals surface area contributed by atoms with Crippen LogP contribution < -0.4 is 4.74 Å². The van der Waals surface area contributed by atoms with Gasteiger partial charge in [-0.15, -0.1) is 0 Å². The predicted octanol–water partition coefficient (Wildman–Crippen LogP) is 1.72. The van der Waals surface area contributed by atoms with Gasteiger partial charge in [0.05, 0.1) is 24.5 Å². The van der Waals surface area contributed by atoms with Crippen LogP contribution in [0.4, 0.5) is 0 Å². The predicted molar refractivity (Wildman–Crippen MR) is 63.9 cm³/mol. The molecule has 0 fully saturated rings. The summed E-state index contributed by atoms with van der Waals surface area (Å²) in [7, 11) is 3.20. The second-order valence-electron chi connectivity index (χ2n) is 4.50. The van der Waals surface area contributed by atoms with Crippen LogP contribution in [0.25, 0.3) is 0 Å². The normalized spacial score (nSPS) is 13.5. The molecule has 0 radical (unpaired) electrons. The Morgan fingerprint density at radius 2 is 2.06 bits per heavy atom. The lowest BCUT2D eigenvalue weighted by molar-refractivity contribution is 0.00238. The summed E-state index contributed by atoms with van der Waals surface area (Å²) in [6, 6.07) is 1.64. The third-order valence-electron chi connectivity index (χ3n) is 2.79. The molecule has 5 nitrogen and oxygen atoms in total. The summed E-state index contributed by atoms with van der Waals surface area (Å²) in [5.41, 5.74) is 0.335. The number of ether oxygens (including phenoxy) is 2. The molecule has 0 spiro atoms. The number of aliphatic hydroxyl groups excluding tert-OH is 1. The summed E-state index contributed by atoms with van der Waals surface area (Å²) in [4.78, 5) is 7.93. The van der Waals surface area contributed by atoms with Crippen molar-refractivity contribution in [3.05, 3.63) is 18.1 Å². The minimum Gasteiger partial charge on any atom is -0.481 e. The summed E-state index contributed by atoms with van der Waals surface area (Å²) in [6.45, 7) is 3.97. The van der Waals surface area contributed by atoms with E-state index in [9.17, 15) is 5.11 Å². The summed E-state index contributed by atoms with van der Waals surface area (Å²) in [5.74, 6) is 0.458. The van der Waals surface area contributed by atoms with E-state index < -0.39 is 6.10 Å². The summed E-state index contributed by atoms with van der Waals surface area (Å²) in [5, 5.41) is 10.00. The molecule has 0 aliphatic rings. The number of nitrogens with zero attached hydrogens (tertiary/aromatic N) is 2. The Kier molecular flexibility index (Phi) is 4.84. The maximum absolute atomic E-state index is 10.00. The Hall–Kier alpha value is -1.20. The first-order valence-corrected chi connectivity index (χ1v) is 5.57. The van der Waals surface area contributed by atoms with Crippen molar-refractivity contribution in [3.63, 3.8) is 0 Å². The van der Waals surface area contributed by atoms with Gasteiger partial charge in [0, 0.05) is 13.2 Å². The number of rotatable bonds is 6. The molecule has 1 atom stereocenters. The second-order valence-corrected chi connectivity index (χ2v) is 4.50. The first kappa shape index (κ1) is 13.9. The molecule has 0 aliphatic heterocycles. The van der Waals surface area contributed by atoms with E-state index in [1.165, 1.54) is 13.4 Å². The molecule has 0 aromatic carbocycles. The van der Waals surface area contributed by atoms with Crippen molar-refractivity contribution in [3.8, 4) is 5.88 Å². The monoisotopic (exact) mass is 240 g/mol. The fraction of sp³-hybridized carbons (Fsp3) is 0.667. The molecule has 1 aromatic rings. The van der Waals surface area contributed by atoms with Crippen LogP contribution in [-0.2, 0) is 4.74 Å². The quantitative estimate of drug-likeness (QED) is 0.820. The highest BCUT2D eigenvalue weighted by Crippen LogP contribution is 2.24. The molecule has 17 heavy (non-hydrogen) atoms. The summed E-state index contributed by atoms with van der Waals surface area (Å²) >= 11 is 0. The number of aromatic nitrogens is 2. The number of hydrogen-bond acceptors (Lipinski definition) is 5. The highest BCUT2D eigenvalue weighted by Gasteiger charge is 2.19. The van der Waals surface area contributed by atoms with Crippen molar-refractivity contribution in [2.75, 3.05) is 14.2 Å². The summed E-state index contributed by atoms with van der Waals surface area (Å²) < 4.78 is 10.3. The van der Waals surface area contributed by atoms with Gasteiger partial charge in [-0.2, -0.15) is 0 Å². The second kappa shape index (κ2) is 5.93. The van der Waals surface area contributed by atoms with Crippen molar-refractivity contribution in [2.24, 2.45) is 0 Å². The van der Waals surface area contributed by atoms with Crippen molar-refractivity contribution >= 4 is 0 Å². The lowest BCUT2D eigenvalue weighted by Gasteiger charge is -2.24. The number of aliphatic hydroxyl groups is 1. The van der Waals surface area contributed by atoms with Crippen molar-refractivity contribution in [1.29, 1.82) is 0 Å². The minimum atomic E-state index is -0.624.